The number of methoxy groups -OCH3 is 2. The van der Waals surface area contributed by atoms with Gasteiger partial charge in [-0.25, -0.2) is 9.59 Å². The summed E-state index contributed by atoms with van der Waals surface area (Å²) in [7, 11) is 3.06. The molecule has 0 bridgehead atoms. The molecule has 0 aliphatic heterocycles. The number of esters is 1. The van der Waals surface area contributed by atoms with Crippen molar-refractivity contribution < 1.29 is 23.8 Å². The van der Waals surface area contributed by atoms with Crippen molar-refractivity contribution in [3.8, 4) is 11.5 Å². The van der Waals surface area contributed by atoms with Crippen LogP contribution in [0, 0.1) is 0 Å². The highest BCUT2D eigenvalue weighted by Crippen LogP contribution is 2.29. The van der Waals surface area contributed by atoms with E-state index in [0.29, 0.717) is 35.0 Å². The number of ether oxygens (including phenoxy) is 3. The molecule has 2 amide bonds. The first kappa shape index (κ1) is 18.1. The first-order valence-electron chi connectivity index (χ1n) is 7.64. The van der Waals surface area contributed by atoms with E-state index in [1.807, 2.05) is 0 Å². The quantitative estimate of drug-likeness (QED) is 0.783. The fraction of sp³-hybridized carbons (Fsp3) is 0.222. The summed E-state index contributed by atoms with van der Waals surface area (Å²) in [5.74, 6) is 0.700. The Bertz CT molecular complexity index is 744. The van der Waals surface area contributed by atoms with Gasteiger partial charge < -0.3 is 24.8 Å². The Kier molecular flexibility index (Phi) is 6.22. The van der Waals surface area contributed by atoms with Gasteiger partial charge in [0.15, 0.2) is 0 Å². The molecule has 2 N–H and O–H groups in total. The lowest BCUT2D eigenvalue weighted by atomic mass is 10.2. The van der Waals surface area contributed by atoms with Crippen molar-refractivity contribution in [3.05, 3.63) is 48.0 Å². The molecule has 0 heterocycles. The first-order chi connectivity index (χ1) is 12.1. The van der Waals surface area contributed by atoms with E-state index in [-0.39, 0.29) is 0 Å². The Morgan fingerprint density at radius 1 is 0.960 bits per heavy atom. The SMILES string of the molecule is CCOC(=O)c1ccc(NC(=O)Nc2ccc(OC)cc2OC)cc1. The van der Waals surface area contributed by atoms with Crippen molar-refractivity contribution in [1.29, 1.82) is 0 Å². The van der Waals surface area contributed by atoms with Crippen LogP contribution in [-0.4, -0.2) is 32.8 Å². The van der Waals surface area contributed by atoms with Crippen molar-refractivity contribution >= 4 is 23.4 Å². The highest BCUT2D eigenvalue weighted by atomic mass is 16.5. The third kappa shape index (κ3) is 4.87. The molecular formula is C18H20N2O5. The number of hydrogen-bond acceptors (Lipinski definition) is 5. The van der Waals surface area contributed by atoms with Crippen LogP contribution in [0.2, 0.25) is 0 Å². The van der Waals surface area contributed by atoms with Gasteiger partial charge in [-0.2, -0.15) is 0 Å². The molecule has 0 saturated carbocycles. The van der Waals surface area contributed by atoms with Crippen molar-refractivity contribution in [1.82, 2.24) is 0 Å². The lowest BCUT2D eigenvalue weighted by molar-refractivity contribution is 0.0526. The maximum Gasteiger partial charge on any atom is 0.338 e. The minimum absolute atomic E-state index is 0.310. The standard InChI is InChI=1S/C18H20N2O5/c1-4-25-17(21)12-5-7-13(8-6-12)19-18(22)20-15-10-9-14(23-2)11-16(15)24-3/h5-11H,4H2,1-3H3,(H2,19,20,22). The van der Waals surface area contributed by atoms with E-state index < -0.39 is 12.0 Å². The van der Waals surface area contributed by atoms with Gasteiger partial charge in [-0.15, -0.1) is 0 Å². The normalized spacial score (nSPS) is 9.88. The number of carbonyl (C=O) groups excluding carboxylic acids is 2. The average molecular weight is 344 g/mol. The second-order valence-electron chi connectivity index (χ2n) is 4.94. The molecule has 0 spiro atoms. The van der Waals surface area contributed by atoms with Crippen LogP contribution < -0.4 is 20.1 Å². The Morgan fingerprint density at radius 2 is 1.68 bits per heavy atom. The summed E-state index contributed by atoms with van der Waals surface area (Å²) in [6, 6.07) is 11.0. The summed E-state index contributed by atoms with van der Waals surface area (Å²) in [5.41, 5.74) is 1.46. The van der Waals surface area contributed by atoms with Gasteiger partial charge in [0.05, 0.1) is 32.1 Å². The number of hydrogen-bond donors (Lipinski definition) is 2. The minimum atomic E-state index is -0.438. The molecule has 2 aromatic carbocycles. The molecule has 2 rings (SSSR count). The van der Waals surface area contributed by atoms with Gasteiger partial charge in [0.25, 0.3) is 0 Å². The summed E-state index contributed by atoms with van der Waals surface area (Å²) in [6.07, 6.45) is 0. The van der Waals surface area contributed by atoms with Gasteiger partial charge in [-0.3, -0.25) is 0 Å². The summed E-state index contributed by atoms with van der Waals surface area (Å²) in [6.45, 7) is 2.05. The number of benzene rings is 2. The van der Waals surface area contributed by atoms with Crippen LogP contribution >= 0.6 is 0 Å². The topological polar surface area (TPSA) is 85.9 Å². The number of anilines is 2. The van der Waals surface area contributed by atoms with E-state index in [1.165, 1.54) is 7.11 Å². The predicted octanol–water partition coefficient (Wildman–Crippen LogP) is 3.52. The maximum atomic E-state index is 12.1. The third-order valence-electron chi connectivity index (χ3n) is 3.31. The minimum Gasteiger partial charge on any atom is -0.497 e. The summed E-state index contributed by atoms with van der Waals surface area (Å²) in [4.78, 5) is 23.7. The van der Waals surface area contributed by atoms with E-state index in [1.54, 1.807) is 56.5 Å². The molecule has 0 saturated heterocycles. The maximum absolute atomic E-state index is 12.1. The predicted molar refractivity (Wildman–Crippen MR) is 94.6 cm³/mol. The lowest BCUT2D eigenvalue weighted by Gasteiger charge is -2.12. The fourth-order valence-corrected chi connectivity index (χ4v) is 2.09. The van der Waals surface area contributed by atoms with Gasteiger partial charge in [0.2, 0.25) is 0 Å². The smallest absolute Gasteiger partial charge is 0.338 e. The average Bonchev–Trinajstić information content (AvgIpc) is 2.62. The van der Waals surface area contributed by atoms with Gasteiger partial charge in [-0.1, -0.05) is 0 Å². The monoisotopic (exact) mass is 344 g/mol. The molecule has 0 unspecified atom stereocenters. The Hall–Kier alpha value is -3.22. The highest BCUT2D eigenvalue weighted by molar-refractivity contribution is 6.01. The zero-order chi connectivity index (χ0) is 18.2. The molecule has 7 heteroatoms. The fourth-order valence-electron chi connectivity index (χ4n) is 2.09. The van der Waals surface area contributed by atoms with Crippen LogP contribution in [0.4, 0.5) is 16.2 Å². The highest BCUT2D eigenvalue weighted by Gasteiger charge is 2.10. The van der Waals surface area contributed by atoms with Crippen molar-refractivity contribution in [2.45, 2.75) is 6.92 Å². The van der Waals surface area contributed by atoms with Gasteiger partial charge in [0.1, 0.15) is 11.5 Å². The zero-order valence-electron chi connectivity index (χ0n) is 14.3. The molecule has 25 heavy (non-hydrogen) atoms. The van der Waals surface area contributed by atoms with Crippen LogP contribution in [0.15, 0.2) is 42.5 Å². The van der Waals surface area contributed by atoms with E-state index >= 15 is 0 Å². The summed E-state index contributed by atoms with van der Waals surface area (Å²) >= 11 is 0. The van der Waals surface area contributed by atoms with E-state index in [4.69, 9.17) is 14.2 Å². The largest absolute Gasteiger partial charge is 0.497 e. The van der Waals surface area contributed by atoms with Gasteiger partial charge in [0, 0.05) is 11.8 Å². The van der Waals surface area contributed by atoms with Crippen molar-refractivity contribution in [3.63, 3.8) is 0 Å². The van der Waals surface area contributed by atoms with E-state index in [2.05, 4.69) is 10.6 Å². The Morgan fingerprint density at radius 3 is 2.28 bits per heavy atom. The van der Waals surface area contributed by atoms with Crippen LogP contribution in [0.25, 0.3) is 0 Å². The number of rotatable bonds is 6. The summed E-state index contributed by atoms with van der Waals surface area (Å²) < 4.78 is 15.3. The molecular weight excluding hydrogens is 324 g/mol. The molecule has 0 atom stereocenters. The number of amides is 2. The second-order valence-corrected chi connectivity index (χ2v) is 4.94. The number of urea groups is 1. The molecule has 132 valence electrons. The van der Waals surface area contributed by atoms with Crippen molar-refractivity contribution in [2.24, 2.45) is 0 Å². The number of carbonyl (C=O) groups is 2. The molecule has 0 aromatic heterocycles. The van der Waals surface area contributed by atoms with Crippen LogP contribution in [0.5, 0.6) is 11.5 Å². The molecule has 0 fully saturated rings. The molecule has 0 radical (unpaired) electrons. The lowest BCUT2D eigenvalue weighted by Crippen LogP contribution is -2.19. The third-order valence-corrected chi connectivity index (χ3v) is 3.31. The van der Waals surface area contributed by atoms with E-state index in [9.17, 15) is 9.59 Å². The van der Waals surface area contributed by atoms with Gasteiger partial charge >= 0.3 is 12.0 Å². The second kappa shape index (κ2) is 8.58. The molecule has 2 aromatic rings. The van der Waals surface area contributed by atoms with Crippen LogP contribution in [-0.2, 0) is 4.74 Å². The molecule has 0 aliphatic rings. The molecule has 7 nitrogen and oxygen atoms in total. The Balaban J connectivity index is 2.02. The van der Waals surface area contributed by atoms with Gasteiger partial charge in [-0.05, 0) is 43.3 Å². The first-order valence-corrected chi connectivity index (χ1v) is 7.64. The van der Waals surface area contributed by atoms with Crippen LogP contribution in [0.3, 0.4) is 0 Å². The molecule has 0 aliphatic carbocycles. The zero-order valence-corrected chi connectivity index (χ0v) is 14.3. The Labute approximate surface area is 145 Å². The summed E-state index contributed by atoms with van der Waals surface area (Å²) in [5, 5.41) is 5.38. The van der Waals surface area contributed by atoms with Crippen LogP contribution in [0.1, 0.15) is 17.3 Å². The van der Waals surface area contributed by atoms with Crippen molar-refractivity contribution in [2.75, 3.05) is 31.5 Å². The number of nitrogens with one attached hydrogen (secondary N) is 2. The van der Waals surface area contributed by atoms with E-state index in [0.717, 1.165) is 0 Å².